The van der Waals surface area contributed by atoms with E-state index in [0.717, 1.165) is 5.56 Å². The van der Waals surface area contributed by atoms with Gasteiger partial charge >= 0.3 is 0 Å². The number of hydrogen-bond donors (Lipinski definition) is 1. The number of amides is 2. The summed E-state index contributed by atoms with van der Waals surface area (Å²) in [6, 6.07) is 10.9. The van der Waals surface area contributed by atoms with Gasteiger partial charge in [0.15, 0.2) is 11.0 Å². The van der Waals surface area contributed by atoms with Crippen LogP contribution in [0.1, 0.15) is 13.3 Å². The number of fused-ring (bicyclic) bond motifs is 1. The van der Waals surface area contributed by atoms with E-state index in [1.165, 1.54) is 11.8 Å². The molecule has 0 unspecified atom stereocenters. The van der Waals surface area contributed by atoms with Gasteiger partial charge in [-0.3, -0.25) is 14.6 Å². The summed E-state index contributed by atoms with van der Waals surface area (Å²) in [5, 5.41) is 11.9. The van der Waals surface area contributed by atoms with Gasteiger partial charge in [-0.2, -0.15) is 0 Å². The maximum absolute atomic E-state index is 13.1. The van der Waals surface area contributed by atoms with Crippen molar-refractivity contribution in [1.82, 2.24) is 19.7 Å². The number of thioether (sulfide) groups is 1. The summed E-state index contributed by atoms with van der Waals surface area (Å²) in [6.07, 6.45) is 3.68. The zero-order valence-corrected chi connectivity index (χ0v) is 16.9. The predicted octanol–water partition coefficient (Wildman–Crippen LogP) is 2.73. The van der Waals surface area contributed by atoms with Gasteiger partial charge in [-0.05, 0) is 31.2 Å². The minimum absolute atomic E-state index is 0.0858. The van der Waals surface area contributed by atoms with Gasteiger partial charge in [-0.15, -0.1) is 10.2 Å². The number of para-hydroxylation sites is 2. The number of nitrogens with zero attached hydrogens (tertiary/aromatic N) is 5. The van der Waals surface area contributed by atoms with Crippen molar-refractivity contribution in [3.05, 3.63) is 48.8 Å². The molecule has 1 N–H and O–H groups in total. The smallest absolute Gasteiger partial charge is 0.237 e. The van der Waals surface area contributed by atoms with E-state index in [0.29, 0.717) is 22.4 Å². The molecular formula is C20H20N6O2S. The number of pyridine rings is 1. The zero-order valence-electron chi connectivity index (χ0n) is 16.1. The van der Waals surface area contributed by atoms with Gasteiger partial charge in [0.2, 0.25) is 11.8 Å². The van der Waals surface area contributed by atoms with Crippen molar-refractivity contribution in [3.63, 3.8) is 0 Å². The maximum Gasteiger partial charge on any atom is 0.237 e. The molecule has 9 heteroatoms. The SMILES string of the molecule is C[C@@H]1CC(=O)Nc2ccccc2N1C(=O)CSc1nnc(-c2cccnc2)n1C. The topological polar surface area (TPSA) is 93.0 Å². The van der Waals surface area contributed by atoms with E-state index >= 15 is 0 Å². The van der Waals surface area contributed by atoms with E-state index < -0.39 is 0 Å². The number of carbonyl (C=O) groups excluding carboxylic acids is 2. The van der Waals surface area contributed by atoms with Crippen molar-refractivity contribution < 1.29 is 9.59 Å². The highest BCUT2D eigenvalue weighted by atomic mass is 32.2. The number of nitrogens with one attached hydrogen (secondary N) is 1. The molecule has 29 heavy (non-hydrogen) atoms. The van der Waals surface area contributed by atoms with Crippen molar-refractivity contribution in [2.24, 2.45) is 7.05 Å². The summed E-state index contributed by atoms with van der Waals surface area (Å²) in [4.78, 5) is 31.0. The Morgan fingerprint density at radius 1 is 1.24 bits per heavy atom. The Kier molecular flexibility index (Phi) is 5.30. The third-order valence-electron chi connectivity index (χ3n) is 4.71. The molecule has 1 aromatic carbocycles. The molecule has 2 amide bonds. The van der Waals surface area contributed by atoms with Crippen LogP contribution in [0.4, 0.5) is 11.4 Å². The number of anilines is 2. The van der Waals surface area contributed by atoms with Gasteiger partial charge in [-0.1, -0.05) is 23.9 Å². The fraction of sp³-hybridized carbons (Fsp3) is 0.250. The summed E-state index contributed by atoms with van der Waals surface area (Å²) in [5.41, 5.74) is 2.23. The summed E-state index contributed by atoms with van der Waals surface area (Å²) < 4.78 is 1.85. The summed E-state index contributed by atoms with van der Waals surface area (Å²) in [5.74, 6) is 0.697. The van der Waals surface area contributed by atoms with Crippen molar-refractivity contribution in [1.29, 1.82) is 0 Å². The van der Waals surface area contributed by atoms with Gasteiger partial charge in [-0.25, -0.2) is 0 Å². The van der Waals surface area contributed by atoms with Gasteiger partial charge in [0, 0.05) is 37.5 Å². The zero-order chi connectivity index (χ0) is 20.4. The van der Waals surface area contributed by atoms with Gasteiger partial charge < -0.3 is 14.8 Å². The van der Waals surface area contributed by atoms with E-state index in [2.05, 4.69) is 20.5 Å². The first-order valence-electron chi connectivity index (χ1n) is 9.18. The average molecular weight is 408 g/mol. The summed E-state index contributed by atoms with van der Waals surface area (Å²) in [7, 11) is 1.86. The first-order chi connectivity index (χ1) is 14.0. The molecule has 3 heterocycles. The van der Waals surface area contributed by atoms with Crippen LogP contribution in [0.15, 0.2) is 53.9 Å². The molecule has 1 atom stereocenters. The lowest BCUT2D eigenvalue weighted by molar-refractivity contribution is -0.117. The Bertz CT molecular complexity index is 1050. The molecule has 0 fully saturated rings. The lowest BCUT2D eigenvalue weighted by Crippen LogP contribution is -2.40. The second-order valence-electron chi connectivity index (χ2n) is 6.78. The Balaban J connectivity index is 1.53. The standard InChI is InChI=1S/C20H20N6O2S/c1-13-10-17(27)22-15-7-3-4-8-16(15)26(13)18(28)12-29-20-24-23-19(25(20)2)14-6-5-9-21-11-14/h3-9,11,13H,10,12H2,1-2H3,(H,22,27)/t13-/m1/s1. The molecule has 8 nitrogen and oxygen atoms in total. The van der Waals surface area contributed by atoms with E-state index in [9.17, 15) is 9.59 Å². The lowest BCUT2D eigenvalue weighted by atomic mass is 10.2. The van der Waals surface area contributed by atoms with Crippen LogP contribution in [0.3, 0.4) is 0 Å². The first kappa shape index (κ1) is 19.1. The van der Waals surface area contributed by atoms with Gasteiger partial charge in [0.05, 0.1) is 17.1 Å². The molecule has 1 aliphatic rings. The summed E-state index contributed by atoms with van der Waals surface area (Å²) in [6.45, 7) is 1.88. The fourth-order valence-corrected chi connectivity index (χ4v) is 4.12. The predicted molar refractivity (Wildman–Crippen MR) is 112 cm³/mol. The number of hydrogen-bond acceptors (Lipinski definition) is 6. The number of benzene rings is 1. The molecule has 0 saturated carbocycles. The number of rotatable bonds is 4. The third-order valence-corrected chi connectivity index (χ3v) is 5.71. The quantitative estimate of drug-likeness (QED) is 0.667. The van der Waals surface area contributed by atoms with Crippen LogP contribution >= 0.6 is 11.8 Å². The van der Waals surface area contributed by atoms with Crippen LogP contribution in [-0.2, 0) is 16.6 Å². The Morgan fingerprint density at radius 2 is 2.07 bits per heavy atom. The Hall–Kier alpha value is -3.20. The molecule has 0 aliphatic carbocycles. The van der Waals surface area contributed by atoms with Crippen molar-refractivity contribution in [2.45, 2.75) is 24.5 Å². The molecule has 0 radical (unpaired) electrons. The van der Waals surface area contributed by atoms with E-state index in [-0.39, 0.29) is 30.0 Å². The second-order valence-corrected chi connectivity index (χ2v) is 7.72. The van der Waals surface area contributed by atoms with E-state index in [4.69, 9.17) is 0 Å². The largest absolute Gasteiger partial charge is 0.324 e. The van der Waals surface area contributed by atoms with E-state index in [1.54, 1.807) is 17.3 Å². The molecule has 1 aliphatic heterocycles. The van der Waals surface area contributed by atoms with E-state index in [1.807, 2.05) is 54.9 Å². The highest BCUT2D eigenvalue weighted by Crippen LogP contribution is 2.32. The Labute approximate surface area is 172 Å². The lowest BCUT2D eigenvalue weighted by Gasteiger charge is -2.27. The van der Waals surface area contributed by atoms with Crippen LogP contribution in [0.5, 0.6) is 0 Å². The molecule has 0 saturated heterocycles. The van der Waals surface area contributed by atoms with Crippen molar-refractivity contribution in [3.8, 4) is 11.4 Å². The minimum Gasteiger partial charge on any atom is -0.324 e. The number of aromatic nitrogens is 4. The van der Waals surface area contributed by atoms with Crippen LogP contribution in [0.25, 0.3) is 11.4 Å². The highest BCUT2D eigenvalue weighted by Gasteiger charge is 2.29. The molecule has 0 bridgehead atoms. The highest BCUT2D eigenvalue weighted by molar-refractivity contribution is 7.99. The molecule has 2 aromatic heterocycles. The second kappa shape index (κ2) is 8.04. The average Bonchev–Trinajstić information content (AvgIpc) is 3.02. The number of carbonyl (C=O) groups is 2. The maximum atomic E-state index is 13.1. The molecule has 0 spiro atoms. The molecule has 3 aromatic rings. The molecular weight excluding hydrogens is 388 g/mol. The van der Waals surface area contributed by atoms with Gasteiger partial charge in [0.25, 0.3) is 0 Å². The fourth-order valence-electron chi connectivity index (χ4n) is 3.35. The van der Waals surface area contributed by atoms with Crippen LogP contribution < -0.4 is 10.2 Å². The Morgan fingerprint density at radius 3 is 2.86 bits per heavy atom. The summed E-state index contributed by atoms with van der Waals surface area (Å²) >= 11 is 1.32. The third kappa shape index (κ3) is 3.86. The van der Waals surface area contributed by atoms with Crippen LogP contribution in [0.2, 0.25) is 0 Å². The minimum atomic E-state index is -0.239. The van der Waals surface area contributed by atoms with Crippen LogP contribution in [-0.4, -0.2) is 43.4 Å². The van der Waals surface area contributed by atoms with Crippen molar-refractivity contribution in [2.75, 3.05) is 16.0 Å². The molecule has 4 rings (SSSR count). The monoisotopic (exact) mass is 408 g/mol. The normalized spacial score (nSPS) is 16.1. The first-order valence-corrected chi connectivity index (χ1v) is 10.2. The molecule has 148 valence electrons. The van der Waals surface area contributed by atoms with Crippen LogP contribution in [0, 0.1) is 0 Å². The van der Waals surface area contributed by atoms with Gasteiger partial charge in [0.1, 0.15) is 0 Å². The van der Waals surface area contributed by atoms with Crippen molar-refractivity contribution >= 4 is 35.0 Å².